The van der Waals surface area contributed by atoms with Crippen LogP contribution in [0.15, 0.2) is 53.8 Å². The largest absolute Gasteiger partial charge is 0.329 e. The molecule has 36 heavy (non-hydrogen) atoms. The van der Waals surface area contributed by atoms with Crippen molar-refractivity contribution in [2.45, 2.75) is 18.9 Å². The molecule has 2 atom stereocenters. The first-order valence-electron chi connectivity index (χ1n) is 11.8. The van der Waals surface area contributed by atoms with Gasteiger partial charge < -0.3 is 0 Å². The van der Waals surface area contributed by atoms with E-state index in [1.807, 2.05) is 46.4 Å². The molecular formula is C25H26N8O2S. The van der Waals surface area contributed by atoms with Gasteiger partial charge in [-0.3, -0.25) is 23.8 Å². The van der Waals surface area contributed by atoms with Crippen LogP contribution in [0.25, 0.3) is 44.6 Å². The van der Waals surface area contributed by atoms with Crippen LogP contribution in [0, 0.1) is 0 Å². The van der Waals surface area contributed by atoms with E-state index in [0.29, 0.717) is 12.1 Å². The third kappa shape index (κ3) is 3.75. The number of aromatic nitrogens is 7. The molecule has 11 heteroatoms. The van der Waals surface area contributed by atoms with E-state index >= 15 is 0 Å². The first kappa shape index (κ1) is 22.7. The molecule has 6 heterocycles. The average Bonchev–Trinajstić information content (AvgIpc) is 3.45. The van der Waals surface area contributed by atoms with Crippen LogP contribution in [-0.4, -0.2) is 61.7 Å². The van der Waals surface area contributed by atoms with Crippen molar-refractivity contribution in [1.82, 2.24) is 38.2 Å². The SMILES string of the molecule is Cn1cc(-c2ccc(-c3ccc4ncc5c(c4n3)n(C3CCCN(S(C)=O)C3)c(=O)n5C)cn2)cn1. The van der Waals surface area contributed by atoms with Crippen molar-refractivity contribution in [1.29, 1.82) is 0 Å². The molecule has 0 amide bonds. The maximum Gasteiger partial charge on any atom is 0.329 e. The predicted molar refractivity (Wildman–Crippen MR) is 140 cm³/mol. The minimum absolute atomic E-state index is 0.0876. The number of imidazole rings is 1. The minimum atomic E-state index is -1.08. The number of nitrogens with zero attached hydrogens (tertiary/aromatic N) is 8. The Morgan fingerprint density at radius 2 is 1.83 bits per heavy atom. The Balaban J connectivity index is 1.48. The van der Waals surface area contributed by atoms with Gasteiger partial charge in [-0.1, -0.05) is 0 Å². The lowest BCUT2D eigenvalue weighted by atomic mass is 10.1. The van der Waals surface area contributed by atoms with E-state index in [2.05, 4.69) is 15.1 Å². The Labute approximate surface area is 209 Å². The first-order valence-corrected chi connectivity index (χ1v) is 13.3. The maximum absolute atomic E-state index is 13.4. The zero-order valence-electron chi connectivity index (χ0n) is 20.3. The molecule has 1 fully saturated rings. The quantitative estimate of drug-likeness (QED) is 0.374. The molecule has 1 aliphatic heterocycles. The van der Waals surface area contributed by atoms with Crippen molar-refractivity contribution < 1.29 is 4.21 Å². The highest BCUT2D eigenvalue weighted by Crippen LogP contribution is 2.30. The molecule has 6 rings (SSSR count). The van der Waals surface area contributed by atoms with Crippen LogP contribution >= 0.6 is 0 Å². The van der Waals surface area contributed by atoms with Gasteiger partial charge in [-0.2, -0.15) is 5.10 Å². The van der Waals surface area contributed by atoms with Gasteiger partial charge in [-0.15, -0.1) is 0 Å². The standard InChI is InChI=1S/C25H26N8O2S/c1-30-14-17(12-28-30)19-7-6-16(11-26-19)20-8-9-21-23(29-20)24-22(13-27-21)31(2)25(34)33(24)18-5-4-10-32(15-18)36(3)35/h6-9,11-14,18H,4-5,10,15H2,1-3H3. The number of fused-ring (bicyclic) bond motifs is 3. The van der Waals surface area contributed by atoms with Crippen molar-refractivity contribution in [2.75, 3.05) is 19.3 Å². The van der Waals surface area contributed by atoms with E-state index < -0.39 is 11.0 Å². The third-order valence-corrected chi connectivity index (χ3v) is 7.97. The molecule has 184 valence electrons. The second kappa shape index (κ2) is 8.75. The number of hydrogen-bond donors (Lipinski definition) is 0. The van der Waals surface area contributed by atoms with Crippen LogP contribution in [0.2, 0.25) is 0 Å². The number of hydrogen-bond acceptors (Lipinski definition) is 6. The van der Waals surface area contributed by atoms with Crippen LogP contribution in [0.3, 0.4) is 0 Å². The van der Waals surface area contributed by atoms with Gasteiger partial charge in [0, 0.05) is 57.0 Å². The summed E-state index contributed by atoms with van der Waals surface area (Å²) in [6, 6.07) is 7.72. The summed E-state index contributed by atoms with van der Waals surface area (Å²) >= 11 is 0. The fraction of sp³-hybridized carbons (Fsp3) is 0.320. The number of rotatable bonds is 4. The molecule has 1 aliphatic rings. The van der Waals surface area contributed by atoms with Crippen LogP contribution in [0.4, 0.5) is 0 Å². The molecule has 1 saturated heterocycles. The fourth-order valence-electron chi connectivity index (χ4n) is 5.02. The normalized spacial score (nSPS) is 17.7. The van der Waals surface area contributed by atoms with Gasteiger partial charge in [0.1, 0.15) is 5.52 Å². The van der Waals surface area contributed by atoms with E-state index in [-0.39, 0.29) is 11.7 Å². The third-order valence-electron chi connectivity index (χ3n) is 6.91. The molecule has 0 spiro atoms. The Morgan fingerprint density at radius 1 is 1.00 bits per heavy atom. The molecule has 10 nitrogen and oxygen atoms in total. The van der Waals surface area contributed by atoms with Crippen molar-refractivity contribution >= 4 is 33.1 Å². The highest BCUT2D eigenvalue weighted by atomic mass is 32.2. The molecule has 0 aromatic carbocycles. The molecule has 0 N–H and O–H groups in total. The molecule has 0 aliphatic carbocycles. The predicted octanol–water partition coefficient (Wildman–Crippen LogP) is 2.68. The van der Waals surface area contributed by atoms with E-state index in [9.17, 15) is 9.00 Å². The Morgan fingerprint density at radius 3 is 2.56 bits per heavy atom. The van der Waals surface area contributed by atoms with Crippen molar-refractivity contribution in [3.63, 3.8) is 0 Å². The van der Waals surface area contributed by atoms with Crippen LogP contribution in [0.5, 0.6) is 0 Å². The zero-order valence-corrected chi connectivity index (χ0v) is 21.1. The molecule has 2 unspecified atom stereocenters. The van der Waals surface area contributed by atoms with Gasteiger partial charge in [0.25, 0.3) is 0 Å². The minimum Gasteiger partial charge on any atom is -0.293 e. The lowest BCUT2D eigenvalue weighted by Gasteiger charge is -2.31. The van der Waals surface area contributed by atoms with Gasteiger partial charge in [0.2, 0.25) is 0 Å². The summed E-state index contributed by atoms with van der Waals surface area (Å²) in [4.78, 5) is 27.6. The summed E-state index contributed by atoms with van der Waals surface area (Å²) in [5.41, 5.74) is 6.20. The summed E-state index contributed by atoms with van der Waals surface area (Å²) in [5.74, 6) is 0. The molecule has 0 bridgehead atoms. The van der Waals surface area contributed by atoms with Gasteiger partial charge in [0.05, 0.1) is 57.4 Å². The van der Waals surface area contributed by atoms with E-state index in [1.54, 1.807) is 41.1 Å². The maximum atomic E-state index is 13.4. The van der Waals surface area contributed by atoms with E-state index in [4.69, 9.17) is 4.98 Å². The Bertz CT molecular complexity index is 1680. The molecule has 0 saturated carbocycles. The first-order chi connectivity index (χ1) is 17.4. The smallest absolute Gasteiger partial charge is 0.293 e. The molecule has 0 radical (unpaired) electrons. The summed E-state index contributed by atoms with van der Waals surface area (Å²) in [6.07, 6.45) is 10.7. The van der Waals surface area contributed by atoms with Gasteiger partial charge >= 0.3 is 5.69 Å². The molecular weight excluding hydrogens is 476 g/mol. The second-order valence-electron chi connectivity index (χ2n) is 9.21. The monoisotopic (exact) mass is 502 g/mol. The summed E-state index contributed by atoms with van der Waals surface area (Å²) in [6.45, 7) is 1.33. The fourth-order valence-corrected chi connectivity index (χ4v) is 5.79. The van der Waals surface area contributed by atoms with Gasteiger partial charge in [0.15, 0.2) is 0 Å². The van der Waals surface area contributed by atoms with Crippen molar-refractivity contribution in [2.24, 2.45) is 14.1 Å². The number of pyridine rings is 3. The average molecular weight is 503 g/mol. The second-order valence-corrected chi connectivity index (χ2v) is 10.6. The highest BCUT2D eigenvalue weighted by Gasteiger charge is 2.28. The summed E-state index contributed by atoms with van der Waals surface area (Å²) < 4.78 is 19.3. The molecule has 5 aromatic heterocycles. The van der Waals surface area contributed by atoms with E-state index in [1.165, 1.54) is 0 Å². The number of aryl methyl sites for hydroxylation is 2. The summed E-state index contributed by atoms with van der Waals surface area (Å²) in [5, 5.41) is 4.21. The van der Waals surface area contributed by atoms with Crippen molar-refractivity contribution in [3.8, 4) is 22.5 Å². The van der Waals surface area contributed by atoms with Crippen molar-refractivity contribution in [3.05, 3.63) is 59.5 Å². The van der Waals surface area contributed by atoms with Crippen LogP contribution in [0.1, 0.15) is 18.9 Å². The topological polar surface area (TPSA) is 104 Å². The highest BCUT2D eigenvalue weighted by molar-refractivity contribution is 7.81. The Kier molecular flexibility index (Phi) is 5.53. The number of piperidine rings is 1. The van der Waals surface area contributed by atoms with E-state index in [0.717, 1.165) is 58.5 Å². The Hall–Kier alpha value is -3.70. The lowest BCUT2D eigenvalue weighted by molar-refractivity contribution is 0.277. The van der Waals surface area contributed by atoms with Crippen LogP contribution < -0.4 is 5.69 Å². The lowest BCUT2D eigenvalue weighted by Crippen LogP contribution is -2.40. The van der Waals surface area contributed by atoms with Crippen LogP contribution in [-0.2, 0) is 25.1 Å². The van der Waals surface area contributed by atoms with Gasteiger partial charge in [-0.05, 0) is 37.1 Å². The zero-order chi connectivity index (χ0) is 25.0. The van der Waals surface area contributed by atoms with Gasteiger partial charge in [-0.25, -0.2) is 18.3 Å². The summed E-state index contributed by atoms with van der Waals surface area (Å²) in [7, 11) is 2.56. The molecule has 5 aromatic rings.